The van der Waals surface area contributed by atoms with Crippen LogP contribution in [-0.2, 0) is 0 Å². The predicted octanol–water partition coefficient (Wildman–Crippen LogP) is 4.05. The molecule has 1 amide bonds. The topological polar surface area (TPSA) is 69.0 Å². The van der Waals surface area contributed by atoms with Gasteiger partial charge in [0.05, 0.1) is 35.3 Å². The van der Waals surface area contributed by atoms with Crippen LogP contribution in [0.25, 0.3) is 15.9 Å². The molecule has 0 unspecified atom stereocenters. The summed E-state index contributed by atoms with van der Waals surface area (Å²) >= 11 is 1.42. The highest BCUT2D eigenvalue weighted by atomic mass is 32.1. The van der Waals surface area contributed by atoms with E-state index in [2.05, 4.69) is 15.4 Å². The molecule has 0 aliphatic carbocycles. The molecule has 3 heterocycles. The first-order chi connectivity index (χ1) is 12.7. The minimum absolute atomic E-state index is 0.169. The van der Waals surface area contributed by atoms with Crippen molar-refractivity contribution in [2.24, 2.45) is 0 Å². The molecule has 0 atom stereocenters. The average molecular weight is 364 g/mol. The van der Waals surface area contributed by atoms with Gasteiger partial charge in [-0.25, -0.2) is 9.67 Å². The monoisotopic (exact) mass is 364 g/mol. The molecule has 4 rings (SSSR count). The van der Waals surface area contributed by atoms with Crippen LogP contribution in [0.3, 0.4) is 0 Å². The number of pyridine rings is 1. The number of nitrogens with zero attached hydrogens (tertiary/aromatic N) is 3. The first-order valence-electron chi connectivity index (χ1n) is 8.01. The number of aromatic nitrogens is 3. The molecule has 0 saturated heterocycles. The summed E-state index contributed by atoms with van der Waals surface area (Å²) in [6.07, 6.45) is 1.57. The maximum Gasteiger partial charge on any atom is 0.265 e. The lowest BCUT2D eigenvalue weighted by molar-refractivity contribution is 0.103. The molecule has 7 heteroatoms. The molecule has 0 radical (unpaired) electrons. The number of methoxy groups -OCH3 is 1. The lowest BCUT2D eigenvalue weighted by Gasteiger charge is -2.04. The second-order valence-corrected chi connectivity index (χ2v) is 6.74. The molecular formula is C19H16N4O2S. The van der Waals surface area contributed by atoms with Crippen molar-refractivity contribution in [3.8, 4) is 11.6 Å². The van der Waals surface area contributed by atoms with E-state index in [0.29, 0.717) is 16.4 Å². The van der Waals surface area contributed by atoms with Gasteiger partial charge in [-0.05, 0) is 31.2 Å². The van der Waals surface area contributed by atoms with E-state index in [1.807, 2.05) is 48.0 Å². The standard InChI is InChI=1S/C19H16N4O2S/c1-12-15-10-16(18(24)21-13-8-9-17(25-2)20-11-13)26-19(15)23(22-12)14-6-4-3-5-7-14/h3-11H,1-2H3,(H,21,24). The highest BCUT2D eigenvalue weighted by Gasteiger charge is 2.17. The molecule has 0 aliphatic rings. The van der Waals surface area contributed by atoms with Gasteiger partial charge in [0.1, 0.15) is 4.83 Å². The minimum atomic E-state index is -0.169. The molecule has 0 saturated carbocycles. The lowest BCUT2D eigenvalue weighted by Crippen LogP contribution is -2.10. The Balaban J connectivity index is 1.65. The van der Waals surface area contributed by atoms with Gasteiger partial charge in [-0.2, -0.15) is 5.10 Å². The molecule has 0 fully saturated rings. The number of hydrogen-bond donors (Lipinski definition) is 1. The third-order valence-electron chi connectivity index (χ3n) is 3.97. The van der Waals surface area contributed by atoms with Gasteiger partial charge >= 0.3 is 0 Å². The maximum atomic E-state index is 12.6. The van der Waals surface area contributed by atoms with Crippen LogP contribution >= 0.6 is 11.3 Å². The summed E-state index contributed by atoms with van der Waals surface area (Å²) in [5.74, 6) is 0.334. The number of anilines is 1. The Morgan fingerprint density at radius 2 is 2.00 bits per heavy atom. The molecule has 1 aromatic carbocycles. The van der Waals surface area contributed by atoms with Gasteiger partial charge in [0.2, 0.25) is 5.88 Å². The zero-order chi connectivity index (χ0) is 18.1. The fraction of sp³-hybridized carbons (Fsp3) is 0.105. The number of amides is 1. The number of ether oxygens (including phenoxy) is 1. The van der Waals surface area contributed by atoms with E-state index in [-0.39, 0.29) is 5.91 Å². The van der Waals surface area contributed by atoms with E-state index in [9.17, 15) is 4.79 Å². The van der Waals surface area contributed by atoms with Crippen LogP contribution in [0.4, 0.5) is 5.69 Å². The number of carbonyl (C=O) groups is 1. The van der Waals surface area contributed by atoms with Crippen molar-refractivity contribution in [1.29, 1.82) is 0 Å². The summed E-state index contributed by atoms with van der Waals surface area (Å²) < 4.78 is 6.90. The quantitative estimate of drug-likeness (QED) is 0.593. The molecular weight excluding hydrogens is 348 g/mol. The summed E-state index contributed by atoms with van der Waals surface area (Å²) in [4.78, 5) is 18.3. The van der Waals surface area contributed by atoms with Gasteiger partial charge in [-0.3, -0.25) is 4.79 Å². The van der Waals surface area contributed by atoms with Gasteiger partial charge in [-0.15, -0.1) is 11.3 Å². The Hall–Kier alpha value is -3.19. The lowest BCUT2D eigenvalue weighted by atomic mass is 10.3. The van der Waals surface area contributed by atoms with Crippen molar-refractivity contribution < 1.29 is 9.53 Å². The van der Waals surface area contributed by atoms with Crippen molar-refractivity contribution in [2.75, 3.05) is 12.4 Å². The molecule has 130 valence electrons. The summed E-state index contributed by atoms with van der Waals surface area (Å²) in [7, 11) is 1.55. The van der Waals surface area contributed by atoms with Gasteiger partial charge in [0, 0.05) is 11.5 Å². The van der Waals surface area contributed by atoms with Crippen LogP contribution < -0.4 is 10.1 Å². The van der Waals surface area contributed by atoms with Gasteiger partial charge in [-0.1, -0.05) is 18.2 Å². The normalized spacial score (nSPS) is 10.8. The Morgan fingerprint density at radius 3 is 2.69 bits per heavy atom. The summed E-state index contributed by atoms with van der Waals surface area (Å²) in [5.41, 5.74) is 2.48. The highest BCUT2D eigenvalue weighted by molar-refractivity contribution is 7.20. The largest absolute Gasteiger partial charge is 0.481 e. The third-order valence-corrected chi connectivity index (χ3v) is 5.08. The Morgan fingerprint density at radius 1 is 1.19 bits per heavy atom. The van der Waals surface area contributed by atoms with Gasteiger partial charge in [0.25, 0.3) is 5.91 Å². The number of benzene rings is 1. The smallest absolute Gasteiger partial charge is 0.265 e. The first-order valence-corrected chi connectivity index (χ1v) is 8.83. The zero-order valence-corrected chi connectivity index (χ0v) is 15.1. The van der Waals surface area contributed by atoms with Gasteiger partial charge in [0.15, 0.2) is 0 Å². The van der Waals surface area contributed by atoms with Crippen LogP contribution in [0.1, 0.15) is 15.4 Å². The summed E-state index contributed by atoms with van der Waals surface area (Å²) in [6, 6.07) is 15.2. The van der Waals surface area contributed by atoms with Crippen LogP contribution in [-0.4, -0.2) is 27.8 Å². The molecule has 4 aromatic rings. The molecule has 26 heavy (non-hydrogen) atoms. The van der Waals surface area contributed by atoms with Crippen LogP contribution in [0.2, 0.25) is 0 Å². The fourth-order valence-corrected chi connectivity index (χ4v) is 3.75. The van der Waals surface area contributed by atoms with E-state index in [1.54, 1.807) is 25.4 Å². The van der Waals surface area contributed by atoms with Crippen molar-refractivity contribution in [1.82, 2.24) is 14.8 Å². The number of carbonyl (C=O) groups excluding carboxylic acids is 1. The van der Waals surface area contributed by atoms with E-state index in [1.165, 1.54) is 11.3 Å². The second kappa shape index (κ2) is 6.61. The number of rotatable bonds is 4. The molecule has 0 bridgehead atoms. The number of para-hydroxylation sites is 1. The average Bonchev–Trinajstić information content (AvgIpc) is 3.24. The molecule has 6 nitrogen and oxygen atoms in total. The van der Waals surface area contributed by atoms with Gasteiger partial charge < -0.3 is 10.1 Å². The number of aryl methyl sites for hydroxylation is 1. The molecule has 3 aromatic heterocycles. The maximum absolute atomic E-state index is 12.6. The predicted molar refractivity (Wildman–Crippen MR) is 102 cm³/mol. The minimum Gasteiger partial charge on any atom is -0.481 e. The third kappa shape index (κ3) is 2.93. The van der Waals surface area contributed by atoms with E-state index in [0.717, 1.165) is 21.6 Å². The number of nitrogens with one attached hydrogen (secondary N) is 1. The molecule has 0 spiro atoms. The molecule has 0 aliphatic heterocycles. The van der Waals surface area contributed by atoms with Crippen LogP contribution in [0.5, 0.6) is 5.88 Å². The second-order valence-electron chi connectivity index (χ2n) is 5.71. The Kier molecular flexibility index (Phi) is 4.14. The zero-order valence-electron chi connectivity index (χ0n) is 14.3. The summed E-state index contributed by atoms with van der Waals surface area (Å²) in [5, 5.41) is 8.44. The van der Waals surface area contributed by atoms with E-state index >= 15 is 0 Å². The van der Waals surface area contributed by atoms with Crippen molar-refractivity contribution in [2.45, 2.75) is 6.92 Å². The van der Waals surface area contributed by atoms with Crippen molar-refractivity contribution in [3.63, 3.8) is 0 Å². The highest BCUT2D eigenvalue weighted by Crippen LogP contribution is 2.30. The number of hydrogen-bond acceptors (Lipinski definition) is 5. The SMILES string of the molecule is COc1ccc(NC(=O)c2cc3c(C)nn(-c4ccccc4)c3s2)cn1. The first kappa shape index (κ1) is 16.3. The fourth-order valence-electron chi connectivity index (χ4n) is 2.67. The van der Waals surface area contributed by atoms with E-state index in [4.69, 9.17) is 4.74 Å². The van der Waals surface area contributed by atoms with E-state index < -0.39 is 0 Å². The number of thiophene rings is 1. The summed E-state index contributed by atoms with van der Waals surface area (Å²) in [6.45, 7) is 1.95. The van der Waals surface area contributed by atoms with Crippen LogP contribution in [0, 0.1) is 6.92 Å². The number of fused-ring (bicyclic) bond motifs is 1. The van der Waals surface area contributed by atoms with Crippen molar-refractivity contribution in [3.05, 3.63) is 65.3 Å². The Bertz CT molecular complexity index is 1070. The van der Waals surface area contributed by atoms with Crippen molar-refractivity contribution >= 4 is 33.1 Å². The molecule has 1 N–H and O–H groups in total. The Labute approximate surface area is 154 Å². The van der Waals surface area contributed by atoms with Crippen LogP contribution in [0.15, 0.2) is 54.7 Å².